The molecule has 0 aliphatic carbocycles. The highest BCUT2D eigenvalue weighted by Gasteiger charge is 2.13. The molecule has 112 valence electrons. The first-order chi connectivity index (χ1) is 9.93. The van der Waals surface area contributed by atoms with Gasteiger partial charge in [-0.25, -0.2) is 0 Å². The first kappa shape index (κ1) is 16.1. The Bertz CT molecular complexity index is 685. The lowest BCUT2D eigenvalue weighted by atomic mass is 10.2. The van der Waals surface area contributed by atoms with Crippen LogP contribution in [0.25, 0.3) is 0 Å². The summed E-state index contributed by atoms with van der Waals surface area (Å²) in [6, 6.07) is 5.20. The van der Waals surface area contributed by atoms with E-state index in [-0.39, 0.29) is 4.99 Å². The zero-order chi connectivity index (χ0) is 15.6. The highest BCUT2D eigenvalue weighted by atomic mass is 35.5. The fourth-order valence-electron chi connectivity index (χ4n) is 1.94. The quantitative estimate of drug-likeness (QED) is 0.840. The maximum atomic E-state index is 6.23. The van der Waals surface area contributed by atoms with Gasteiger partial charge in [0.2, 0.25) is 0 Å². The Morgan fingerprint density at radius 1 is 1.43 bits per heavy atom. The minimum Gasteiger partial charge on any atom is -0.487 e. The molecule has 0 spiro atoms. The summed E-state index contributed by atoms with van der Waals surface area (Å²) in [5, 5.41) is 5.43. The van der Waals surface area contributed by atoms with Gasteiger partial charge >= 0.3 is 0 Å². The van der Waals surface area contributed by atoms with E-state index in [9.17, 15) is 0 Å². The van der Waals surface area contributed by atoms with Crippen LogP contribution < -0.4 is 10.5 Å². The Labute approximate surface area is 138 Å². The molecule has 2 aromatic rings. The van der Waals surface area contributed by atoms with Gasteiger partial charge in [-0.3, -0.25) is 4.68 Å². The summed E-state index contributed by atoms with van der Waals surface area (Å²) in [6.07, 6.45) is 0. The lowest BCUT2D eigenvalue weighted by molar-refractivity contribution is 0.292. The number of ether oxygens (including phenoxy) is 1. The summed E-state index contributed by atoms with van der Waals surface area (Å²) in [5.41, 5.74) is 7.83. The molecule has 0 saturated carbocycles. The molecule has 4 nitrogen and oxygen atoms in total. The number of nitrogens with zero attached hydrogens (tertiary/aromatic N) is 2. The van der Waals surface area contributed by atoms with E-state index < -0.39 is 0 Å². The number of aryl methyl sites for hydroxylation is 2. The Kier molecular flexibility index (Phi) is 5.08. The zero-order valence-corrected chi connectivity index (χ0v) is 14.0. The van der Waals surface area contributed by atoms with E-state index >= 15 is 0 Å². The van der Waals surface area contributed by atoms with Gasteiger partial charge in [-0.05, 0) is 32.0 Å². The molecule has 0 saturated heterocycles. The fourth-order valence-corrected chi connectivity index (χ4v) is 2.64. The Balaban J connectivity index is 2.17. The standard InChI is InChI=1S/C14H15Cl2N3OS/c1-3-19-12(13(16)8(2)18-19)7-20-9-4-5-10(14(17)21)11(15)6-9/h4-6H,3,7H2,1-2H3,(H2,17,21). The molecule has 2 N–H and O–H groups in total. The van der Waals surface area contributed by atoms with Crippen molar-refractivity contribution >= 4 is 40.4 Å². The monoisotopic (exact) mass is 343 g/mol. The van der Waals surface area contributed by atoms with Crippen LogP contribution in [-0.2, 0) is 13.2 Å². The third kappa shape index (κ3) is 3.48. The predicted molar refractivity (Wildman–Crippen MR) is 89.3 cm³/mol. The van der Waals surface area contributed by atoms with Crippen LogP contribution in [0, 0.1) is 6.92 Å². The number of aromatic nitrogens is 2. The van der Waals surface area contributed by atoms with Gasteiger partial charge in [0.05, 0.1) is 21.4 Å². The second-order valence-corrected chi connectivity index (χ2v) is 5.68. The molecule has 0 aliphatic heterocycles. The van der Waals surface area contributed by atoms with Crippen LogP contribution >= 0.6 is 35.4 Å². The molecule has 0 fully saturated rings. The van der Waals surface area contributed by atoms with Crippen LogP contribution in [-0.4, -0.2) is 14.8 Å². The van der Waals surface area contributed by atoms with Gasteiger partial charge in [-0.1, -0.05) is 35.4 Å². The third-order valence-electron chi connectivity index (χ3n) is 3.03. The van der Waals surface area contributed by atoms with E-state index in [1.165, 1.54) is 0 Å². The Hall–Kier alpha value is -1.30. The number of nitrogens with two attached hydrogens (primary N) is 1. The van der Waals surface area contributed by atoms with Crippen molar-refractivity contribution in [1.82, 2.24) is 9.78 Å². The zero-order valence-electron chi connectivity index (χ0n) is 11.7. The molecule has 1 aromatic heterocycles. The molecule has 7 heteroatoms. The van der Waals surface area contributed by atoms with Crippen molar-refractivity contribution in [1.29, 1.82) is 0 Å². The van der Waals surface area contributed by atoms with Crippen LogP contribution in [0.5, 0.6) is 5.75 Å². The Morgan fingerprint density at radius 2 is 2.14 bits per heavy atom. The van der Waals surface area contributed by atoms with E-state index in [4.69, 9.17) is 45.9 Å². The molecule has 21 heavy (non-hydrogen) atoms. The van der Waals surface area contributed by atoms with Crippen LogP contribution in [0.1, 0.15) is 23.9 Å². The number of hydrogen-bond donors (Lipinski definition) is 1. The average Bonchev–Trinajstić information content (AvgIpc) is 2.71. The number of halogens is 2. The van der Waals surface area contributed by atoms with Gasteiger partial charge in [0.15, 0.2) is 0 Å². The first-order valence-corrected chi connectivity index (χ1v) is 7.54. The number of rotatable bonds is 5. The minimum absolute atomic E-state index is 0.259. The van der Waals surface area contributed by atoms with Crippen LogP contribution in [0.15, 0.2) is 18.2 Å². The van der Waals surface area contributed by atoms with Gasteiger partial charge < -0.3 is 10.5 Å². The highest BCUT2D eigenvalue weighted by Crippen LogP contribution is 2.25. The normalized spacial score (nSPS) is 10.7. The molecule has 0 bridgehead atoms. The summed E-state index contributed by atoms with van der Waals surface area (Å²) >= 11 is 17.3. The van der Waals surface area contributed by atoms with Crippen LogP contribution in [0.2, 0.25) is 10.0 Å². The summed E-state index contributed by atoms with van der Waals surface area (Å²) in [6.45, 7) is 4.91. The molecule has 2 rings (SSSR count). The fraction of sp³-hybridized carbons (Fsp3) is 0.286. The third-order valence-corrected chi connectivity index (χ3v) is 4.06. The van der Waals surface area contributed by atoms with Crippen molar-refractivity contribution < 1.29 is 4.74 Å². The second kappa shape index (κ2) is 6.64. The van der Waals surface area contributed by atoms with Gasteiger partial charge in [0, 0.05) is 12.1 Å². The molecule has 0 atom stereocenters. The smallest absolute Gasteiger partial charge is 0.131 e. The molecule has 0 amide bonds. The molecule has 1 aromatic carbocycles. The SMILES string of the molecule is CCn1nc(C)c(Cl)c1COc1ccc(C(N)=S)c(Cl)c1. The number of benzene rings is 1. The topological polar surface area (TPSA) is 53.1 Å². The summed E-state index contributed by atoms with van der Waals surface area (Å²) in [4.78, 5) is 0.259. The van der Waals surface area contributed by atoms with E-state index in [1.54, 1.807) is 18.2 Å². The first-order valence-electron chi connectivity index (χ1n) is 6.38. The van der Waals surface area contributed by atoms with E-state index in [0.717, 1.165) is 17.9 Å². The lowest BCUT2D eigenvalue weighted by Gasteiger charge is -2.10. The van der Waals surface area contributed by atoms with Crippen molar-refractivity contribution in [3.8, 4) is 5.75 Å². The predicted octanol–water partition coefficient (Wildman–Crippen LogP) is 3.73. The van der Waals surface area contributed by atoms with Crippen molar-refractivity contribution in [2.75, 3.05) is 0 Å². The van der Waals surface area contributed by atoms with Gasteiger partial charge in [-0.2, -0.15) is 5.10 Å². The molecular weight excluding hydrogens is 329 g/mol. The molecule has 0 unspecified atom stereocenters. The molecule has 0 radical (unpaired) electrons. The average molecular weight is 344 g/mol. The minimum atomic E-state index is 0.259. The van der Waals surface area contributed by atoms with E-state index in [1.807, 2.05) is 18.5 Å². The van der Waals surface area contributed by atoms with Crippen molar-refractivity contribution in [2.45, 2.75) is 27.0 Å². The van der Waals surface area contributed by atoms with Crippen molar-refractivity contribution in [2.24, 2.45) is 5.73 Å². The Morgan fingerprint density at radius 3 is 2.71 bits per heavy atom. The van der Waals surface area contributed by atoms with Crippen LogP contribution in [0.3, 0.4) is 0 Å². The van der Waals surface area contributed by atoms with Crippen molar-refractivity contribution in [3.05, 3.63) is 45.2 Å². The number of thiocarbonyl (C=S) groups is 1. The largest absolute Gasteiger partial charge is 0.487 e. The highest BCUT2D eigenvalue weighted by molar-refractivity contribution is 7.80. The summed E-state index contributed by atoms with van der Waals surface area (Å²) < 4.78 is 7.55. The molecule has 1 heterocycles. The second-order valence-electron chi connectivity index (χ2n) is 4.46. The lowest BCUT2D eigenvalue weighted by Crippen LogP contribution is -2.10. The van der Waals surface area contributed by atoms with Gasteiger partial charge in [0.1, 0.15) is 17.3 Å². The van der Waals surface area contributed by atoms with Crippen molar-refractivity contribution in [3.63, 3.8) is 0 Å². The van der Waals surface area contributed by atoms with Gasteiger partial charge in [-0.15, -0.1) is 0 Å². The van der Waals surface area contributed by atoms with Gasteiger partial charge in [0.25, 0.3) is 0 Å². The van der Waals surface area contributed by atoms with E-state index in [2.05, 4.69) is 5.10 Å². The molecular formula is C14H15Cl2N3OS. The summed E-state index contributed by atoms with van der Waals surface area (Å²) in [7, 11) is 0. The number of hydrogen-bond acceptors (Lipinski definition) is 3. The molecule has 0 aliphatic rings. The van der Waals surface area contributed by atoms with Crippen LogP contribution in [0.4, 0.5) is 0 Å². The maximum absolute atomic E-state index is 6.23. The summed E-state index contributed by atoms with van der Waals surface area (Å²) in [5.74, 6) is 0.623. The van der Waals surface area contributed by atoms with E-state index in [0.29, 0.717) is 28.0 Å². The maximum Gasteiger partial charge on any atom is 0.131 e.